The summed E-state index contributed by atoms with van der Waals surface area (Å²) >= 11 is -1.40. The highest BCUT2D eigenvalue weighted by atomic mass is 32.2. The molecule has 138 valence electrons. The quantitative estimate of drug-likeness (QED) is 0.623. The maximum absolute atomic E-state index is 12.6. The largest absolute Gasteiger partial charge is 0.598 e. The summed E-state index contributed by atoms with van der Waals surface area (Å²) < 4.78 is 31.3. The average molecular weight is 367 g/mol. The monoisotopic (exact) mass is 367 g/mol. The van der Waals surface area contributed by atoms with Crippen molar-refractivity contribution in [1.29, 1.82) is 0 Å². The fourth-order valence-electron chi connectivity index (χ4n) is 2.36. The molecule has 0 aliphatic carbocycles. The third-order valence-electron chi connectivity index (χ3n) is 3.87. The first kappa shape index (κ1) is 19.6. The van der Waals surface area contributed by atoms with Gasteiger partial charge in [0.25, 0.3) is 0 Å². The second kappa shape index (κ2) is 7.27. The zero-order chi connectivity index (χ0) is 18.8. The van der Waals surface area contributed by atoms with Crippen LogP contribution in [0.3, 0.4) is 0 Å². The third-order valence-corrected chi connectivity index (χ3v) is 5.62. The van der Waals surface area contributed by atoms with E-state index in [1.54, 1.807) is 20.1 Å². The van der Waals surface area contributed by atoms with Gasteiger partial charge in [-0.3, -0.25) is 4.79 Å². The number of carbonyl (C=O) groups is 1. The number of ether oxygens (including phenoxy) is 2. The number of hydrogen-bond acceptors (Lipinski definition) is 6. The Kier molecular flexibility index (Phi) is 5.71. The summed E-state index contributed by atoms with van der Waals surface area (Å²) in [6.07, 6.45) is -0.0204. The minimum Gasteiger partial charge on any atom is -0.598 e. The summed E-state index contributed by atoms with van der Waals surface area (Å²) in [6, 6.07) is 7.38. The van der Waals surface area contributed by atoms with Crippen LogP contribution < -0.4 is 9.46 Å². The van der Waals surface area contributed by atoms with Gasteiger partial charge >= 0.3 is 5.97 Å². The fraction of sp³-hybridized carbons (Fsp3) is 0.500. The van der Waals surface area contributed by atoms with E-state index < -0.39 is 27.6 Å². The van der Waals surface area contributed by atoms with E-state index in [1.165, 1.54) is 7.11 Å². The second-order valence-electron chi connectivity index (χ2n) is 7.06. The number of carbonyl (C=O) groups excluding carboxylic acids is 1. The molecule has 25 heavy (non-hydrogen) atoms. The number of nitrogens with one attached hydrogen (secondary N) is 1. The zero-order valence-electron chi connectivity index (χ0n) is 15.5. The number of furan rings is 1. The molecule has 0 radical (unpaired) electrons. The summed E-state index contributed by atoms with van der Waals surface area (Å²) in [5.41, 5.74) is -0.408. The van der Waals surface area contributed by atoms with E-state index in [4.69, 9.17) is 13.9 Å². The van der Waals surface area contributed by atoms with E-state index in [0.717, 1.165) is 5.39 Å². The molecule has 0 aliphatic heterocycles. The van der Waals surface area contributed by atoms with Crippen LogP contribution in [0.2, 0.25) is 0 Å². The van der Waals surface area contributed by atoms with E-state index in [0.29, 0.717) is 17.1 Å². The van der Waals surface area contributed by atoms with Gasteiger partial charge in [0.15, 0.2) is 11.3 Å². The molecule has 1 aromatic carbocycles. The van der Waals surface area contributed by atoms with Crippen molar-refractivity contribution >= 4 is 28.3 Å². The Hall–Kier alpha value is -1.70. The van der Waals surface area contributed by atoms with E-state index in [9.17, 15) is 9.35 Å². The van der Waals surface area contributed by atoms with Crippen LogP contribution in [0.1, 0.15) is 39.9 Å². The number of esters is 1. The number of methoxy groups -OCH3 is 2. The molecule has 7 heteroatoms. The van der Waals surface area contributed by atoms with Crippen LogP contribution in [-0.2, 0) is 26.4 Å². The van der Waals surface area contributed by atoms with Crippen LogP contribution in [0.25, 0.3) is 11.0 Å². The molecule has 1 heterocycles. The molecule has 6 nitrogen and oxygen atoms in total. The topological polar surface area (TPSA) is 83.8 Å². The van der Waals surface area contributed by atoms with Gasteiger partial charge in [-0.25, -0.2) is 0 Å². The zero-order valence-corrected chi connectivity index (χ0v) is 16.3. The summed E-state index contributed by atoms with van der Waals surface area (Å²) in [5.74, 6) is 0.671. The maximum atomic E-state index is 12.6. The van der Waals surface area contributed by atoms with Crippen molar-refractivity contribution in [3.05, 3.63) is 30.0 Å². The van der Waals surface area contributed by atoms with Crippen molar-refractivity contribution in [3.63, 3.8) is 0 Å². The molecule has 2 aromatic rings. The molecule has 0 fully saturated rings. The van der Waals surface area contributed by atoms with Crippen LogP contribution in [0.5, 0.6) is 5.75 Å². The minimum absolute atomic E-state index is 0.0204. The SMILES string of the molecule is COC(=O)C[C@](C)(N[S+]([O-])C(C)(C)C)c1cc2cccc(OC)c2o1. The maximum Gasteiger partial charge on any atom is 0.308 e. The molecule has 0 bridgehead atoms. The van der Waals surface area contributed by atoms with Crippen LogP contribution in [-0.4, -0.2) is 29.5 Å². The smallest absolute Gasteiger partial charge is 0.308 e. The van der Waals surface area contributed by atoms with Crippen molar-refractivity contribution in [3.8, 4) is 5.75 Å². The van der Waals surface area contributed by atoms with Crippen molar-refractivity contribution in [1.82, 2.24) is 4.72 Å². The van der Waals surface area contributed by atoms with Gasteiger partial charge in [-0.15, -0.1) is 4.72 Å². The molecular formula is C18H25NO5S. The van der Waals surface area contributed by atoms with Crippen molar-refractivity contribution in [2.24, 2.45) is 0 Å². The van der Waals surface area contributed by atoms with Crippen molar-refractivity contribution in [2.45, 2.75) is 44.4 Å². The molecular weight excluding hydrogens is 342 g/mol. The molecule has 0 amide bonds. The standard InChI is InChI=1S/C18H25NO5S/c1-17(2,3)25(21)19-18(4,11-15(20)23-6)14-10-12-8-7-9-13(22-5)16(12)24-14/h7-10,19H,11H2,1-6H3/t18-,25?/m0/s1. The van der Waals surface area contributed by atoms with Gasteiger partial charge in [0.1, 0.15) is 16.0 Å². The van der Waals surface area contributed by atoms with Crippen LogP contribution in [0.4, 0.5) is 0 Å². The third kappa shape index (κ3) is 4.29. The minimum atomic E-state index is -1.40. The molecule has 0 spiro atoms. The second-order valence-corrected chi connectivity index (χ2v) is 9.02. The molecule has 0 saturated heterocycles. The van der Waals surface area contributed by atoms with Gasteiger partial charge in [-0.2, -0.15) is 0 Å². The number of para-hydroxylation sites is 1. The lowest BCUT2D eigenvalue weighted by Gasteiger charge is -2.32. The Bertz CT molecular complexity index is 751. The van der Waals surface area contributed by atoms with Crippen LogP contribution in [0, 0.1) is 0 Å². The lowest BCUT2D eigenvalue weighted by Crippen LogP contribution is -2.50. The summed E-state index contributed by atoms with van der Waals surface area (Å²) in [7, 11) is 2.89. The van der Waals surface area contributed by atoms with E-state index in [-0.39, 0.29) is 6.42 Å². The summed E-state index contributed by atoms with van der Waals surface area (Å²) in [5, 5.41) is 0.841. The molecule has 2 atom stereocenters. The Labute approximate surface area is 151 Å². The Balaban J connectivity index is 2.49. The summed E-state index contributed by atoms with van der Waals surface area (Å²) in [6.45, 7) is 7.35. The molecule has 1 unspecified atom stereocenters. The summed E-state index contributed by atoms with van der Waals surface area (Å²) in [4.78, 5) is 11.9. The normalized spacial score (nSPS) is 15.6. The number of benzene rings is 1. The van der Waals surface area contributed by atoms with E-state index in [2.05, 4.69) is 4.72 Å². The molecule has 1 aromatic heterocycles. The first-order valence-corrected chi connectivity index (χ1v) is 9.09. The Morgan fingerprint density at radius 3 is 2.52 bits per heavy atom. The lowest BCUT2D eigenvalue weighted by atomic mass is 9.96. The number of hydrogen-bond donors (Lipinski definition) is 1. The number of rotatable bonds is 6. The molecule has 0 saturated carbocycles. The highest BCUT2D eigenvalue weighted by Crippen LogP contribution is 2.36. The van der Waals surface area contributed by atoms with Gasteiger partial charge in [0.05, 0.1) is 20.6 Å². The van der Waals surface area contributed by atoms with Crippen LogP contribution in [0.15, 0.2) is 28.7 Å². The number of fused-ring (bicyclic) bond motifs is 1. The first-order chi connectivity index (χ1) is 11.6. The van der Waals surface area contributed by atoms with Gasteiger partial charge in [0, 0.05) is 16.7 Å². The average Bonchev–Trinajstić information content (AvgIpc) is 2.98. The Morgan fingerprint density at radius 1 is 1.28 bits per heavy atom. The first-order valence-electron chi connectivity index (χ1n) is 7.94. The lowest BCUT2D eigenvalue weighted by molar-refractivity contribution is -0.142. The Morgan fingerprint density at radius 2 is 1.96 bits per heavy atom. The molecule has 2 rings (SSSR count). The highest BCUT2D eigenvalue weighted by molar-refractivity contribution is 7.90. The van der Waals surface area contributed by atoms with E-state index in [1.807, 2.05) is 39.0 Å². The van der Waals surface area contributed by atoms with Crippen molar-refractivity contribution in [2.75, 3.05) is 14.2 Å². The fourth-order valence-corrected chi connectivity index (χ4v) is 3.25. The highest BCUT2D eigenvalue weighted by Gasteiger charge is 2.41. The molecule has 0 aliphatic rings. The van der Waals surface area contributed by atoms with E-state index >= 15 is 0 Å². The molecule has 1 N–H and O–H groups in total. The van der Waals surface area contributed by atoms with Crippen LogP contribution >= 0.6 is 0 Å². The van der Waals surface area contributed by atoms with Gasteiger partial charge in [0.2, 0.25) is 0 Å². The predicted molar refractivity (Wildman–Crippen MR) is 97.8 cm³/mol. The van der Waals surface area contributed by atoms with Gasteiger partial charge < -0.3 is 18.4 Å². The van der Waals surface area contributed by atoms with Gasteiger partial charge in [-0.05, 0) is 39.8 Å². The van der Waals surface area contributed by atoms with Gasteiger partial charge in [-0.1, -0.05) is 12.1 Å². The van der Waals surface area contributed by atoms with Crippen molar-refractivity contribution < 1.29 is 23.2 Å². The predicted octanol–water partition coefficient (Wildman–Crippen LogP) is 3.27.